The van der Waals surface area contributed by atoms with E-state index in [1.54, 1.807) is 6.92 Å². The van der Waals surface area contributed by atoms with Gasteiger partial charge in [0, 0.05) is 32.7 Å². The summed E-state index contributed by atoms with van der Waals surface area (Å²) in [6, 6.07) is 0. The molecular weight excluding hydrogens is 234 g/mol. The van der Waals surface area contributed by atoms with Crippen LogP contribution in [0.1, 0.15) is 13.3 Å². The number of carbonyl (C=O) groups excluding carboxylic acids is 2. The lowest BCUT2D eigenvalue weighted by atomic mass is 10.3. The minimum Gasteiger partial charge on any atom is -0.466 e. The van der Waals surface area contributed by atoms with E-state index in [0.29, 0.717) is 26.1 Å². The molecule has 6 heteroatoms. The quantitative estimate of drug-likeness (QED) is 0.504. The summed E-state index contributed by atoms with van der Waals surface area (Å²) in [4.78, 5) is 26.9. The maximum Gasteiger partial charge on any atom is 0.307 e. The molecule has 1 N–H and O–H groups in total. The van der Waals surface area contributed by atoms with E-state index in [4.69, 9.17) is 4.74 Å². The number of amides is 1. The van der Waals surface area contributed by atoms with E-state index in [-0.39, 0.29) is 11.9 Å². The molecule has 1 heterocycles. The third-order valence-electron chi connectivity index (χ3n) is 2.94. The number of likely N-dealkylation sites (N-methyl/N-ethyl adjacent to an activating group) is 1. The average Bonchev–Trinajstić information content (AvgIpc) is 2.35. The van der Waals surface area contributed by atoms with Crippen molar-refractivity contribution in [2.24, 2.45) is 0 Å². The summed E-state index contributed by atoms with van der Waals surface area (Å²) in [6.45, 7) is 6.38. The Bertz CT molecular complexity index is 276. The van der Waals surface area contributed by atoms with Gasteiger partial charge in [0.05, 0.1) is 19.6 Å². The van der Waals surface area contributed by atoms with Crippen LogP contribution in [0.15, 0.2) is 0 Å². The van der Waals surface area contributed by atoms with Gasteiger partial charge in [0.15, 0.2) is 0 Å². The molecule has 1 aliphatic heterocycles. The van der Waals surface area contributed by atoms with Crippen LogP contribution < -0.4 is 5.32 Å². The summed E-state index contributed by atoms with van der Waals surface area (Å²) >= 11 is 0. The van der Waals surface area contributed by atoms with Crippen LogP contribution in [0.25, 0.3) is 0 Å². The normalized spacial score (nSPS) is 16.7. The van der Waals surface area contributed by atoms with Gasteiger partial charge in [-0.1, -0.05) is 0 Å². The first-order valence-corrected chi connectivity index (χ1v) is 6.46. The zero-order chi connectivity index (χ0) is 13.4. The second-order valence-electron chi connectivity index (χ2n) is 4.42. The summed E-state index contributed by atoms with van der Waals surface area (Å²) in [5, 5.41) is 2.98. The number of carbonyl (C=O) groups is 2. The summed E-state index contributed by atoms with van der Waals surface area (Å²) in [7, 11) is 2.05. The molecule has 1 amide bonds. The smallest absolute Gasteiger partial charge is 0.307 e. The average molecular weight is 257 g/mol. The van der Waals surface area contributed by atoms with E-state index in [0.717, 1.165) is 26.2 Å². The third-order valence-corrected chi connectivity index (χ3v) is 2.94. The highest BCUT2D eigenvalue weighted by Crippen LogP contribution is 1.98. The monoisotopic (exact) mass is 257 g/mol. The number of nitrogens with one attached hydrogen (secondary N) is 1. The molecule has 0 radical (unpaired) electrons. The fraction of sp³-hybridized carbons (Fsp3) is 0.833. The third kappa shape index (κ3) is 5.46. The van der Waals surface area contributed by atoms with Crippen molar-refractivity contribution in [1.29, 1.82) is 0 Å². The highest BCUT2D eigenvalue weighted by molar-refractivity contribution is 5.78. The van der Waals surface area contributed by atoms with Crippen LogP contribution in [-0.2, 0) is 14.3 Å². The van der Waals surface area contributed by atoms with Crippen LogP contribution in [-0.4, -0.2) is 74.6 Å². The second kappa shape index (κ2) is 8.05. The lowest BCUT2D eigenvalue weighted by Crippen LogP contribution is -2.49. The molecule has 1 aliphatic rings. The molecule has 0 aliphatic carbocycles. The number of rotatable bonds is 6. The Kier molecular flexibility index (Phi) is 6.67. The molecule has 1 saturated heterocycles. The zero-order valence-corrected chi connectivity index (χ0v) is 11.3. The largest absolute Gasteiger partial charge is 0.466 e. The van der Waals surface area contributed by atoms with E-state index < -0.39 is 0 Å². The Morgan fingerprint density at radius 1 is 1.22 bits per heavy atom. The van der Waals surface area contributed by atoms with Gasteiger partial charge in [-0.15, -0.1) is 0 Å². The van der Waals surface area contributed by atoms with Crippen LogP contribution >= 0.6 is 0 Å². The van der Waals surface area contributed by atoms with Gasteiger partial charge < -0.3 is 19.9 Å². The van der Waals surface area contributed by atoms with Crippen molar-refractivity contribution < 1.29 is 14.3 Å². The fourth-order valence-electron chi connectivity index (χ4n) is 1.79. The Hall–Kier alpha value is -1.14. The standard InChI is InChI=1S/C12H23N3O3/c1-3-18-12(17)4-5-13-10-11(16)15-8-6-14(2)7-9-15/h13H,3-10H2,1-2H3. The predicted molar refractivity (Wildman–Crippen MR) is 68.2 cm³/mol. The van der Waals surface area contributed by atoms with Gasteiger partial charge in [0.2, 0.25) is 5.91 Å². The molecule has 1 fully saturated rings. The summed E-state index contributed by atoms with van der Waals surface area (Å²) in [5.74, 6) is -0.121. The molecule has 1 rings (SSSR count). The topological polar surface area (TPSA) is 61.9 Å². The summed E-state index contributed by atoms with van der Waals surface area (Å²) in [6.07, 6.45) is 0.309. The molecule has 0 aromatic carbocycles. The molecule has 18 heavy (non-hydrogen) atoms. The van der Waals surface area contributed by atoms with Crippen LogP contribution in [0.2, 0.25) is 0 Å². The molecule has 0 aromatic rings. The Morgan fingerprint density at radius 3 is 2.50 bits per heavy atom. The SMILES string of the molecule is CCOC(=O)CCNCC(=O)N1CCN(C)CC1. The van der Waals surface area contributed by atoms with Crippen molar-refractivity contribution in [2.45, 2.75) is 13.3 Å². The van der Waals surface area contributed by atoms with E-state index in [9.17, 15) is 9.59 Å². The summed E-state index contributed by atoms with van der Waals surface area (Å²) < 4.78 is 4.80. The van der Waals surface area contributed by atoms with Gasteiger partial charge >= 0.3 is 5.97 Å². The van der Waals surface area contributed by atoms with Crippen molar-refractivity contribution in [3.63, 3.8) is 0 Å². The Morgan fingerprint density at radius 2 is 1.89 bits per heavy atom. The van der Waals surface area contributed by atoms with E-state index in [1.807, 2.05) is 4.90 Å². The minimum absolute atomic E-state index is 0.104. The van der Waals surface area contributed by atoms with Crippen molar-refractivity contribution in [3.05, 3.63) is 0 Å². The van der Waals surface area contributed by atoms with Gasteiger partial charge in [-0.25, -0.2) is 0 Å². The van der Waals surface area contributed by atoms with Crippen molar-refractivity contribution in [2.75, 3.05) is 52.9 Å². The maximum absolute atomic E-state index is 11.8. The molecule has 0 unspecified atom stereocenters. The van der Waals surface area contributed by atoms with Gasteiger partial charge in [0.1, 0.15) is 0 Å². The van der Waals surface area contributed by atoms with E-state index in [2.05, 4.69) is 17.3 Å². The van der Waals surface area contributed by atoms with Crippen LogP contribution in [0, 0.1) is 0 Å². The first-order chi connectivity index (χ1) is 8.63. The molecule has 6 nitrogen and oxygen atoms in total. The van der Waals surface area contributed by atoms with Crippen molar-refractivity contribution in [3.8, 4) is 0 Å². The van der Waals surface area contributed by atoms with Gasteiger partial charge in [0.25, 0.3) is 0 Å². The van der Waals surface area contributed by atoms with Gasteiger partial charge in [-0.05, 0) is 14.0 Å². The first-order valence-electron chi connectivity index (χ1n) is 6.46. The van der Waals surface area contributed by atoms with E-state index >= 15 is 0 Å². The predicted octanol–water partition coefficient (Wildman–Crippen LogP) is -0.697. The highest BCUT2D eigenvalue weighted by atomic mass is 16.5. The zero-order valence-electron chi connectivity index (χ0n) is 11.3. The fourth-order valence-corrected chi connectivity index (χ4v) is 1.79. The molecule has 0 bridgehead atoms. The first kappa shape index (κ1) is 14.9. The van der Waals surface area contributed by atoms with Crippen LogP contribution in [0.4, 0.5) is 0 Å². The molecule has 0 aromatic heterocycles. The Labute approximate surface area is 108 Å². The molecular formula is C12H23N3O3. The van der Waals surface area contributed by atoms with Gasteiger partial charge in [-0.3, -0.25) is 9.59 Å². The van der Waals surface area contributed by atoms with Gasteiger partial charge in [-0.2, -0.15) is 0 Å². The minimum atomic E-state index is -0.225. The number of nitrogens with zero attached hydrogens (tertiary/aromatic N) is 2. The number of hydrogen-bond donors (Lipinski definition) is 1. The number of ether oxygens (including phenoxy) is 1. The molecule has 0 atom stereocenters. The number of hydrogen-bond acceptors (Lipinski definition) is 5. The number of piperazine rings is 1. The Balaban J connectivity index is 2.08. The van der Waals surface area contributed by atoms with Crippen LogP contribution in [0.5, 0.6) is 0 Å². The molecule has 0 spiro atoms. The molecule has 0 saturated carbocycles. The maximum atomic E-state index is 11.8. The highest BCUT2D eigenvalue weighted by Gasteiger charge is 2.18. The van der Waals surface area contributed by atoms with Crippen LogP contribution in [0.3, 0.4) is 0 Å². The van der Waals surface area contributed by atoms with E-state index in [1.165, 1.54) is 0 Å². The lowest BCUT2D eigenvalue weighted by molar-refractivity contribution is -0.143. The molecule has 104 valence electrons. The number of esters is 1. The second-order valence-corrected chi connectivity index (χ2v) is 4.42. The lowest BCUT2D eigenvalue weighted by Gasteiger charge is -2.32. The van der Waals surface area contributed by atoms with Crippen molar-refractivity contribution in [1.82, 2.24) is 15.1 Å². The summed E-state index contributed by atoms with van der Waals surface area (Å²) in [5.41, 5.74) is 0. The van der Waals surface area contributed by atoms with Crippen molar-refractivity contribution >= 4 is 11.9 Å².